The molecular formula is C36H39IN2O8. The fourth-order valence-corrected chi connectivity index (χ4v) is 5.35. The summed E-state index contributed by atoms with van der Waals surface area (Å²) in [4.78, 5) is 20.4. The predicted molar refractivity (Wildman–Crippen MR) is 186 cm³/mol. The number of carboxylic acid groups (broad SMARTS) is 1. The highest BCUT2D eigenvalue weighted by Crippen LogP contribution is 2.27. The molecule has 0 aliphatic carbocycles. The predicted octanol–water partition coefficient (Wildman–Crippen LogP) is 8.38. The molecule has 5 rings (SSSR count). The lowest BCUT2D eigenvalue weighted by atomic mass is 10.0. The third-order valence-corrected chi connectivity index (χ3v) is 7.91. The first-order valence-electron chi connectivity index (χ1n) is 15.0. The number of ether oxygens (including phenoxy) is 4. The lowest BCUT2D eigenvalue weighted by Crippen LogP contribution is -2.08. The Hall–Kier alpha value is -4.20. The average Bonchev–Trinajstić information content (AvgIpc) is 3.65. The second-order valence-electron chi connectivity index (χ2n) is 10.5. The van der Waals surface area contributed by atoms with Gasteiger partial charge in [0.2, 0.25) is 11.8 Å². The van der Waals surface area contributed by atoms with Crippen LogP contribution in [0.25, 0.3) is 22.9 Å². The van der Waals surface area contributed by atoms with Crippen molar-refractivity contribution in [1.82, 2.24) is 9.97 Å². The van der Waals surface area contributed by atoms with Crippen LogP contribution < -0.4 is 9.47 Å². The number of aryl methyl sites for hydroxylation is 3. The molecule has 0 radical (unpaired) electrons. The third-order valence-electron chi connectivity index (χ3n) is 7.19. The van der Waals surface area contributed by atoms with Crippen LogP contribution in [-0.4, -0.2) is 48.5 Å². The van der Waals surface area contributed by atoms with Gasteiger partial charge in [0.05, 0.1) is 38.7 Å². The number of carboxylic acids is 1. The van der Waals surface area contributed by atoms with Gasteiger partial charge >= 0.3 is 5.97 Å². The molecule has 0 atom stereocenters. The van der Waals surface area contributed by atoms with Crippen LogP contribution in [0.4, 0.5) is 0 Å². The number of hydrogen-bond acceptors (Lipinski definition) is 9. The highest BCUT2D eigenvalue weighted by Gasteiger charge is 2.14. The summed E-state index contributed by atoms with van der Waals surface area (Å²) < 4.78 is 34.0. The fraction of sp³-hybridized carbons (Fsp3) is 0.306. The van der Waals surface area contributed by atoms with Crippen molar-refractivity contribution in [2.24, 2.45) is 0 Å². The summed E-state index contributed by atoms with van der Waals surface area (Å²) in [6.45, 7) is 7.16. The minimum atomic E-state index is -0.934. The van der Waals surface area contributed by atoms with Crippen LogP contribution >= 0.6 is 22.6 Å². The van der Waals surface area contributed by atoms with E-state index in [2.05, 4.69) is 32.6 Å². The van der Waals surface area contributed by atoms with Crippen LogP contribution in [-0.2, 0) is 27.1 Å². The van der Waals surface area contributed by atoms with Gasteiger partial charge in [0.1, 0.15) is 28.7 Å². The van der Waals surface area contributed by atoms with Gasteiger partial charge in [-0.05, 0) is 74.7 Å². The minimum Gasteiger partial charge on any atom is -0.497 e. The Bertz CT molecular complexity index is 1760. The molecule has 0 spiro atoms. The Morgan fingerprint density at radius 1 is 0.766 bits per heavy atom. The number of nitrogens with zero attached hydrogens (tertiary/aromatic N) is 2. The van der Waals surface area contributed by atoms with Gasteiger partial charge < -0.3 is 32.9 Å². The number of carbonyl (C=O) groups is 1. The lowest BCUT2D eigenvalue weighted by molar-refractivity contribution is 0.0639. The minimum absolute atomic E-state index is 0.260. The monoisotopic (exact) mass is 754 g/mol. The number of aromatic nitrogens is 2. The summed E-state index contributed by atoms with van der Waals surface area (Å²) in [6, 6.07) is 20.7. The average molecular weight is 755 g/mol. The van der Waals surface area contributed by atoms with E-state index in [9.17, 15) is 9.90 Å². The summed E-state index contributed by atoms with van der Waals surface area (Å²) >= 11 is 2.28. The van der Waals surface area contributed by atoms with Crippen LogP contribution in [0, 0.1) is 20.8 Å². The fourth-order valence-electron chi connectivity index (χ4n) is 4.64. The normalized spacial score (nSPS) is 10.8. The van der Waals surface area contributed by atoms with Gasteiger partial charge in [-0.15, -0.1) is 0 Å². The Balaban J connectivity index is 0.000000261. The third kappa shape index (κ3) is 9.90. The Labute approximate surface area is 288 Å². The summed E-state index contributed by atoms with van der Waals surface area (Å²) in [5.74, 6) is 3.41. The van der Waals surface area contributed by atoms with Gasteiger partial charge in [0.25, 0.3) is 0 Å². The SMILES string of the molecule is COc1cccc(-c2nc(CI)c(C)o2)c1.COc1cccc(-c2nc(COCCCOCc3cccc(C)c3C(=O)O)c(C)o2)c1. The number of alkyl halides is 1. The number of benzene rings is 3. The van der Waals surface area contributed by atoms with Crippen molar-refractivity contribution >= 4 is 28.6 Å². The van der Waals surface area contributed by atoms with Crippen LogP contribution in [0.15, 0.2) is 75.6 Å². The Morgan fingerprint density at radius 3 is 1.83 bits per heavy atom. The number of methoxy groups -OCH3 is 2. The molecule has 0 bridgehead atoms. The van der Waals surface area contributed by atoms with E-state index in [0.717, 1.165) is 55.5 Å². The maximum Gasteiger partial charge on any atom is 0.336 e. The second kappa shape index (κ2) is 17.6. The van der Waals surface area contributed by atoms with Crippen LogP contribution in [0.1, 0.15) is 50.8 Å². The van der Waals surface area contributed by atoms with Gasteiger partial charge in [0, 0.05) is 28.8 Å². The van der Waals surface area contributed by atoms with Crippen molar-refractivity contribution in [1.29, 1.82) is 0 Å². The van der Waals surface area contributed by atoms with Gasteiger partial charge in [-0.3, -0.25) is 0 Å². The van der Waals surface area contributed by atoms with Crippen LogP contribution in [0.5, 0.6) is 11.5 Å². The molecule has 0 amide bonds. The zero-order chi connectivity index (χ0) is 33.8. The second-order valence-corrected chi connectivity index (χ2v) is 11.3. The molecule has 11 heteroatoms. The highest BCUT2D eigenvalue weighted by molar-refractivity contribution is 14.1. The molecule has 0 saturated carbocycles. The highest BCUT2D eigenvalue weighted by atomic mass is 127. The first-order chi connectivity index (χ1) is 22.7. The summed E-state index contributed by atoms with van der Waals surface area (Å²) in [5, 5.41) is 9.36. The number of hydrogen-bond donors (Lipinski definition) is 1. The van der Waals surface area contributed by atoms with E-state index in [4.69, 9.17) is 27.8 Å². The number of halogens is 1. The van der Waals surface area contributed by atoms with Gasteiger partial charge in [-0.1, -0.05) is 52.9 Å². The van der Waals surface area contributed by atoms with E-state index in [0.29, 0.717) is 49.1 Å². The molecule has 2 aromatic heterocycles. The molecule has 0 aliphatic heterocycles. The van der Waals surface area contributed by atoms with Crippen molar-refractivity contribution in [2.45, 2.75) is 44.8 Å². The molecule has 0 fully saturated rings. The molecule has 0 saturated heterocycles. The van der Waals surface area contributed by atoms with E-state index >= 15 is 0 Å². The number of aromatic carboxylic acids is 1. The van der Waals surface area contributed by atoms with Crippen molar-refractivity contribution in [2.75, 3.05) is 27.4 Å². The van der Waals surface area contributed by atoms with Crippen LogP contribution in [0.3, 0.4) is 0 Å². The zero-order valence-corrected chi connectivity index (χ0v) is 29.3. The Morgan fingerprint density at radius 2 is 1.30 bits per heavy atom. The zero-order valence-electron chi connectivity index (χ0n) is 27.2. The molecule has 5 aromatic rings. The van der Waals surface area contributed by atoms with E-state index in [1.165, 1.54) is 0 Å². The molecule has 248 valence electrons. The van der Waals surface area contributed by atoms with Crippen molar-refractivity contribution in [3.63, 3.8) is 0 Å². The molecule has 47 heavy (non-hydrogen) atoms. The summed E-state index contributed by atoms with van der Waals surface area (Å²) in [5.41, 5.74) is 5.26. The topological polar surface area (TPSA) is 126 Å². The lowest BCUT2D eigenvalue weighted by Gasteiger charge is -2.09. The number of rotatable bonds is 14. The first kappa shape index (κ1) is 35.7. The van der Waals surface area contributed by atoms with Crippen molar-refractivity contribution in [3.8, 4) is 34.4 Å². The Kier molecular flexibility index (Phi) is 13.4. The standard InChI is InChI=1S/C24H27NO6.C12H12INO2/c1-16-7-4-9-19(22(16)24(26)27)14-29-11-6-12-30-15-21-17(2)31-23(25-21)18-8-5-10-20(13-18)28-3;1-8-11(7-13)14-12(16-8)9-4-3-5-10(6-9)15-2/h4-5,7-10,13H,6,11-12,14-15H2,1-3H3,(H,26,27);3-6H,7H2,1-2H3. The van der Waals surface area contributed by atoms with Crippen molar-refractivity contribution in [3.05, 3.63) is 106 Å². The maximum absolute atomic E-state index is 11.4. The van der Waals surface area contributed by atoms with E-state index in [1.807, 2.05) is 68.4 Å². The summed E-state index contributed by atoms with van der Waals surface area (Å²) in [7, 11) is 3.27. The van der Waals surface area contributed by atoms with E-state index in [-0.39, 0.29) is 6.61 Å². The molecule has 1 N–H and O–H groups in total. The molecular weight excluding hydrogens is 715 g/mol. The quantitative estimate of drug-likeness (QED) is 0.0671. The van der Waals surface area contributed by atoms with E-state index < -0.39 is 5.97 Å². The summed E-state index contributed by atoms with van der Waals surface area (Å²) in [6.07, 6.45) is 0.688. The first-order valence-corrected chi connectivity index (χ1v) is 16.5. The molecule has 2 heterocycles. The van der Waals surface area contributed by atoms with Gasteiger partial charge in [-0.2, -0.15) is 0 Å². The van der Waals surface area contributed by atoms with E-state index in [1.54, 1.807) is 33.3 Å². The molecule has 0 aliphatic rings. The van der Waals surface area contributed by atoms with Crippen LogP contribution in [0.2, 0.25) is 0 Å². The number of oxazole rings is 2. The van der Waals surface area contributed by atoms with Gasteiger partial charge in [-0.25, -0.2) is 14.8 Å². The van der Waals surface area contributed by atoms with Gasteiger partial charge in [0.15, 0.2) is 0 Å². The molecule has 3 aromatic carbocycles. The smallest absolute Gasteiger partial charge is 0.336 e. The molecule has 0 unspecified atom stereocenters. The van der Waals surface area contributed by atoms with Crippen molar-refractivity contribution < 1.29 is 37.7 Å². The maximum atomic E-state index is 11.4. The molecule has 10 nitrogen and oxygen atoms in total. The largest absolute Gasteiger partial charge is 0.497 e.